The van der Waals surface area contributed by atoms with Crippen LogP contribution in [-0.2, 0) is 0 Å². The molecule has 1 saturated heterocycles. The van der Waals surface area contributed by atoms with Crippen molar-refractivity contribution < 1.29 is 0 Å². The Morgan fingerprint density at radius 2 is 1.67 bits per heavy atom. The molecule has 72 valence electrons. The Hall–Kier alpha value is -0.0400. The molecule has 0 unspecified atom stereocenters. The highest BCUT2D eigenvalue weighted by atomic mass is 15.2. The van der Waals surface area contributed by atoms with Gasteiger partial charge in [0, 0.05) is 5.54 Å². The predicted molar refractivity (Wildman–Crippen MR) is 54.3 cm³/mol. The highest BCUT2D eigenvalue weighted by Crippen LogP contribution is 2.26. The van der Waals surface area contributed by atoms with Gasteiger partial charge in [0.05, 0.1) is 0 Å². The van der Waals surface area contributed by atoms with E-state index in [1.54, 1.807) is 0 Å². The van der Waals surface area contributed by atoms with Gasteiger partial charge < -0.3 is 0 Å². The monoisotopic (exact) mass is 169 g/mol. The largest absolute Gasteiger partial charge is 0.298 e. The first-order chi connectivity index (χ1) is 5.52. The lowest BCUT2D eigenvalue weighted by atomic mass is 9.91. The number of hydrogen-bond donors (Lipinski definition) is 0. The molecule has 1 rings (SSSR count). The summed E-state index contributed by atoms with van der Waals surface area (Å²) in [7, 11) is 0. The van der Waals surface area contributed by atoms with Crippen molar-refractivity contribution >= 4 is 0 Å². The molecule has 1 heterocycles. The second-order valence-corrected chi connectivity index (χ2v) is 5.10. The summed E-state index contributed by atoms with van der Waals surface area (Å²) in [6.07, 6.45) is 4.13. The smallest absolute Gasteiger partial charge is 0.0155 e. The quantitative estimate of drug-likeness (QED) is 0.628. The van der Waals surface area contributed by atoms with E-state index in [0.29, 0.717) is 5.54 Å². The Morgan fingerprint density at radius 3 is 2.08 bits per heavy atom. The first kappa shape index (κ1) is 10.0. The Kier molecular flexibility index (Phi) is 3.16. The van der Waals surface area contributed by atoms with E-state index in [1.165, 1.54) is 32.4 Å². The summed E-state index contributed by atoms with van der Waals surface area (Å²) < 4.78 is 0. The molecule has 1 heteroatoms. The van der Waals surface area contributed by atoms with Gasteiger partial charge in [-0.2, -0.15) is 0 Å². The lowest BCUT2D eigenvalue weighted by Gasteiger charge is -2.36. The van der Waals surface area contributed by atoms with Crippen molar-refractivity contribution in [3.63, 3.8) is 0 Å². The van der Waals surface area contributed by atoms with Crippen LogP contribution in [0.3, 0.4) is 0 Å². The van der Waals surface area contributed by atoms with Crippen LogP contribution in [0.5, 0.6) is 0 Å². The molecule has 0 amide bonds. The van der Waals surface area contributed by atoms with Crippen LogP contribution in [0.2, 0.25) is 0 Å². The molecule has 0 bridgehead atoms. The van der Waals surface area contributed by atoms with Crippen LogP contribution in [-0.4, -0.2) is 23.5 Å². The first-order valence-electron chi connectivity index (χ1n) is 5.27. The summed E-state index contributed by atoms with van der Waals surface area (Å²) in [5, 5.41) is 0. The van der Waals surface area contributed by atoms with E-state index in [4.69, 9.17) is 0 Å². The number of nitrogens with zero attached hydrogens (tertiary/aromatic N) is 1. The SMILES string of the molecule is CC(C)CC(C)(C)N1CCCC1. The molecule has 0 aliphatic carbocycles. The molecule has 0 N–H and O–H groups in total. The van der Waals surface area contributed by atoms with Gasteiger partial charge in [-0.3, -0.25) is 4.90 Å². The van der Waals surface area contributed by atoms with Crippen molar-refractivity contribution in [2.24, 2.45) is 5.92 Å². The second-order valence-electron chi connectivity index (χ2n) is 5.10. The topological polar surface area (TPSA) is 3.24 Å². The lowest BCUT2D eigenvalue weighted by Crippen LogP contribution is -2.42. The number of rotatable bonds is 3. The molecular formula is C11H23N. The van der Waals surface area contributed by atoms with Crippen molar-refractivity contribution in [1.29, 1.82) is 0 Å². The minimum atomic E-state index is 0.435. The van der Waals surface area contributed by atoms with Gasteiger partial charge >= 0.3 is 0 Å². The molecule has 0 atom stereocenters. The zero-order valence-electron chi connectivity index (χ0n) is 9.06. The van der Waals surface area contributed by atoms with E-state index in [0.717, 1.165) is 5.92 Å². The van der Waals surface area contributed by atoms with Crippen molar-refractivity contribution in [2.45, 2.75) is 52.5 Å². The van der Waals surface area contributed by atoms with Gasteiger partial charge in [-0.25, -0.2) is 0 Å². The normalized spacial score (nSPS) is 20.8. The van der Waals surface area contributed by atoms with E-state index in [2.05, 4.69) is 32.6 Å². The van der Waals surface area contributed by atoms with Crippen LogP contribution in [0.1, 0.15) is 47.0 Å². The maximum Gasteiger partial charge on any atom is 0.0155 e. The van der Waals surface area contributed by atoms with E-state index in [-0.39, 0.29) is 0 Å². The molecule has 0 aromatic heterocycles. The molecule has 0 spiro atoms. The summed E-state index contributed by atoms with van der Waals surface area (Å²) >= 11 is 0. The van der Waals surface area contributed by atoms with Gasteiger partial charge in [-0.15, -0.1) is 0 Å². The van der Waals surface area contributed by atoms with Crippen LogP contribution < -0.4 is 0 Å². The lowest BCUT2D eigenvalue weighted by molar-refractivity contribution is 0.128. The minimum Gasteiger partial charge on any atom is -0.298 e. The molecule has 0 saturated carbocycles. The third-order valence-corrected chi connectivity index (χ3v) is 2.87. The number of hydrogen-bond acceptors (Lipinski definition) is 1. The molecular weight excluding hydrogens is 146 g/mol. The standard InChI is InChI=1S/C11H23N/c1-10(2)9-11(3,4)12-7-5-6-8-12/h10H,5-9H2,1-4H3. The molecule has 1 aliphatic heterocycles. The Labute approximate surface area is 77.1 Å². The zero-order chi connectivity index (χ0) is 9.19. The van der Waals surface area contributed by atoms with Crippen molar-refractivity contribution in [1.82, 2.24) is 4.90 Å². The fraction of sp³-hybridized carbons (Fsp3) is 1.00. The summed E-state index contributed by atoms with van der Waals surface area (Å²) in [4.78, 5) is 2.65. The summed E-state index contributed by atoms with van der Waals surface area (Å²) in [6, 6.07) is 0. The Balaban J connectivity index is 2.45. The summed E-state index contributed by atoms with van der Waals surface area (Å²) in [6.45, 7) is 12.0. The second kappa shape index (κ2) is 3.78. The minimum absolute atomic E-state index is 0.435. The van der Waals surface area contributed by atoms with Crippen molar-refractivity contribution in [3.05, 3.63) is 0 Å². The van der Waals surface area contributed by atoms with Gasteiger partial charge in [0.1, 0.15) is 0 Å². The maximum absolute atomic E-state index is 2.65. The summed E-state index contributed by atoms with van der Waals surface area (Å²) in [5.41, 5.74) is 0.435. The Bertz CT molecular complexity index is 132. The van der Waals surface area contributed by atoms with Crippen LogP contribution in [0.25, 0.3) is 0 Å². The first-order valence-corrected chi connectivity index (χ1v) is 5.27. The fourth-order valence-electron chi connectivity index (χ4n) is 2.45. The maximum atomic E-state index is 2.65. The molecule has 0 aromatic rings. The molecule has 1 fully saturated rings. The van der Waals surface area contributed by atoms with Gasteiger partial charge in [0.2, 0.25) is 0 Å². The van der Waals surface area contributed by atoms with Crippen molar-refractivity contribution in [2.75, 3.05) is 13.1 Å². The predicted octanol–water partition coefficient (Wildman–Crippen LogP) is 2.91. The van der Waals surface area contributed by atoms with Gasteiger partial charge in [-0.05, 0) is 52.1 Å². The zero-order valence-corrected chi connectivity index (χ0v) is 9.06. The average molecular weight is 169 g/mol. The van der Waals surface area contributed by atoms with Crippen molar-refractivity contribution in [3.8, 4) is 0 Å². The van der Waals surface area contributed by atoms with E-state index < -0.39 is 0 Å². The van der Waals surface area contributed by atoms with Gasteiger partial charge in [0.25, 0.3) is 0 Å². The molecule has 1 nitrogen and oxygen atoms in total. The highest BCUT2D eigenvalue weighted by Gasteiger charge is 2.29. The molecule has 12 heavy (non-hydrogen) atoms. The highest BCUT2D eigenvalue weighted by molar-refractivity contribution is 4.85. The number of likely N-dealkylation sites (tertiary alicyclic amines) is 1. The van der Waals surface area contributed by atoms with E-state index >= 15 is 0 Å². The van der Waals surface area contributed by atoms with Crippen LogP contribution >= 0.6 is 0 Å². The average Bonchev–Trinajstić information content (AvgIpc) is 2.32. The summed E-state index contributed by atoms with van der Waals surface area (Å²) in [5.74, 6) is 0.820. The third kappa shape index (κ3) is 2.48. The van der Waals surface area contributed by atoms with Crippen LogP contribution in [0.4, 0.5) is 0 Å². The molecule has 1 aliphatic rings. The van der Waals surface area contributed by atoms with Gasteiger partial charge in [-0.1, -0.05) is 13.8 Å². The fourth-order valence-corrected chi connectivity index (χ4v) is 2.45. The van der Waals surface area contributed by atoms with E-state index in [1.807, 2.05) is 0 Å². The Morgan fingerprint density at radius 1 is 1.17 bits per heavy atom. The van der Waals surface area contributed by atoms with Crippen LogP contribution in [0.15, 0.2) is 0 Å². The van der Waals surface area contributed by atoms with Gasteiger partial charge in [0.15, 0.2) is 0 Å². The van der Waals surface area contributed by atoms with E-state index in [9.17, 15) is 0 Å². The molecule has 0 aromatic carbocycles. The van der Waals surface area contributed by atoms with Crippen LogP contribution in [0, 0.1) is 5.92 Å². The molecule has 0 radical (unpaired) electrons. The third-order valence-electron chi connectivity index (χ3n) is 2.87.